The van der Waals surface area contributed by atoms with Crippen LogP contribution in [0.1, 0.15) is 43.0 Å². The van der Waals surface area contributed by atoms with E-state index in [1.165, 1.54) is 5.69 Å². The standard InChI is InChI=1S/C29H29N3O2/c1-20-24-13-14-25-28(29(24,2)17-22(18-30)27(20)33)31-26(32(25)23-11-7-4-8-12-23)15-16-34-19-21-9-5-3-6-10-21/h3-12,17,20,24H,13-16,19H2,1-2H3/t20-,24-,29-/m0/s1. The molecule has 0 aliphatic heterocycles. The number of fused-ring (bicyclic) bond motifs is 3. The van der Waals surface area contributed by atoms with Crippen molar-refractivity contribution in [2.45, 2.75) is 45.1 Å². The molecule has 0 saturated carbocycles. The number of carbonyl (C=O) groups is 1. The summed E-state index contributed by atoms with van der Waals surface area (Å²) >= 11 is 0. The van der Waals surface area contributed by atoms with Crippen molar-refractivity contribution in [3.8, 4) is 11.8 Å². The molecule has 0 saturated heterocycles. The van der Waals surface area contributed by atoms with Gasteiger partial charge in [0.15, 0.2) is 5.78 Å². The van der Waals surface area contributed by atoms with E-state index in [9.17, 15) is 10.1 Å². The van der Waals surface area contributed by atoms with E-state index in [4.69, 9.17) is 9.72 Å². The molecule has 5 nitrogen and oxygen atoms in total. The van der Waals surface area contributed by atoms with Crippen LogP contribution in [0.3, 0.4) is 0 Å². The Bertz CT molecular complexity index is 1270. The van der Waals surface area contributed by atoms with E-state index in [0.29, 0.717) is 19.6 Å². The summed E-state index contributed by atoms with van der Waals surface area (Å²) in [7, 11) is 0. The SMILES string of the molecule is C[C@@H]1C(=O)C(C#N)=C[C@]2(C)c3nc(CCOCc4ccccc4)n(-c4ccccc4)c3CC[C@@H]12. The number of Topliss-reactive ketones (excluding diaryl/α,β-unsaturated/α-hetero) is 1. The highest BCUT2D eigenvalue weighted by Crippen LogP contribution is 2.50. The zero-order valence-corrected chi connectivity index (χ0v) is 19.7. The fourth-order valence-corrected chi connectivity index (χ4v) is 5.74. The van der Waals surface area contributed by atoms with Gasteiger partial charge in [-0.3, -0.25) is 4.79 Å². The predicted octanol–water partition coefficient (Wildman–Crippen LogP) is 5.12. The topological polar surface area (TPSA) is 67.9 Å². The van der Waals surface area contributed by atoms with E-state index < -0.39 is 5.41 Å². The minimum Gasteiger partial charge on any atom is -0.376 e. The van der Waals surface area contributed by atoms with Crippen LogP contribution in [-0.2, 0) is 34.4 Å². The second-order valence-corrected chi connectivity index (χ2v) is 9.53. The van der Waals surface area contributed by atoms with E-state index in [2.05, 4.69) is 41.8 Å². The highest BCUT2D eigenvalue weighted by atomic mass is 16.5. The van der Waals surface area contributed by atoms with Crippen molar-refractivity contribution < 1.29 is 9.53 Å². The molecule has 172 valence electrons. The lowest BCUT2D eigenvalue weighted by molar-refractivity contribution is -0.121. The van der Waals surface area contributed by atoms with E-state index in [0.717, 1.165) is 35.6 Å². The van der Waals surface area contributed by atoms with E-state index in [1.807, 2.05) is 49.4 Å². The molecule has 0 amide bonds. The van der Waals surface area contributed by atoms with Crippen molar-refractivity contribution in [1.82, 2.24) is 9.55 Å². The predicted molar refractivity (Wildman–Crippen MR) is 130 cm³/mol. The molecule has 0 unspecified atom stereocenters. The van der Waals surface area contributed by atoms with Crippen molar-refractivity contribution in [3.63, 3.8) is 0 Å². The second-order valence-electron chi connectivity index (χ2n) is 9.53. The maximum atomic E-state index is 12.7. The molecule has 5 rings (SSSR count). The number of benzene rings is 2. The van der Waals surface area contributed by atoms with Crippen molar-refractivity contribution >= 4 is 5.78 Å². The first-order valence-electron chi connectivity index (χ1n) is 12.0. The highest BCUT2D eigenvalue weighted by molar-refractivity contribution is 6.02. The lowest BCUT2D eigenvalue weighted by atomic mass is 9.58. The quantitative estimate of drug-likeness (QED) is 0.488. The number of ether oxygens (including phenoxy) is 1. The molecular weight excluding hydrogens is 422 g/mol. The molecule has 1 heterocycles. The Labute approximate surface area is 200 Å². The Hall–Kier alpha value is -3.49. The molecule has 5 heteroatoms. The van der Waals surface area contributed by atoms with Gasteiger partial charge in [0.25, 0.3) is 0 Å². The zero-order valence-electron chi connectivity index (χ0n) is 19.7. The lowest BCUT2D eigenvalue weighted by Gasteiger charge is -2.44. The first-order chi connectivity index (χ1) is 16.5. The molecule has 1 aromatic heterocycles. The number of rotatable bonds is 6. The Kier molecular flexibility index (Phi) is 5.93. The summed E-state index contributed by atoms with van der Waals surface area (Å²) in [6, 6.07) is 22.6. The molecule has 2 aliphatic carbocycles. The Morgan fingerprint density at radius 3 is 2.56 bits per heavy atom. The maximum absolute atomic E-state index is 12.7. The molecule has 0 radical (unpaired) electrons. The highest BCUT2D eigenvalue weighted by Gasteiger charge is 2.50. The molecule has 2 aliphatic rings. The first-order valence-corrected chi connectivity index (χ1v) is 12.0. The summed E-state index contributed by atoms with van der Waals surface area (Å²) < 4.78 is 8.26. The Morgan fingerprint density at radius 2 is 1.85 bits per heavy atom. The molecule has 0 fully saturated rings. The smallest absolute Gasteiger partial charge is 0.176 e. The fraction of sp³-hybridized carbons (Fsp3) is 0.345. The van der Waals surface area contributed by atoms with Crippen LogP contribution in [0.15, 0.2) is 72.3 Å². The number of nitrogens with zero attached hydrogens (tertiary/aromatic N) is 3. The second kappa shape index (κ2) is 9.04. The molecule has 3 atom stereocenters. The summed E-state index contributed by atoms with van der Waals surface area (Å²) in [5.41, 5.74) is 4.24. The molecule has 0 spiro atoms. The summed E-state index contributed by atoms with van der Waals surface area (Å²) in [6.07, 6.45) is 4.32. The van der Waals surface area contributed by atoms with E-state index in [1.54, 1.807) is 0 Å². The van der Waals surface area contributed by atoms with Crippen LogP contribution >= 0.6 is 0 Å². The summed E-state index contributed by atoms with van der Waals surface area (Å²) in [4.78, 5) is 17.9. The Morgan fingerprint density at radius 1 is 1.15 bits per heavy atom. The van der Waals surface area contributed by atoms with E-state index >= 15 is 0 Å². The van der Waals surface area contributed by atoms with Crippen LogP contribution < -0.4 is 0 Å². The number of hydrogen-bond acceptors (Lipinski definition) is 4. The van der Waals surface area contributed by atoms with Crippen LogP contribution in [0.2, 0.25) is 0 Å². The van der Waals surface area contributed by atoms with Crippen molar-refractivity contribution in [2.24, 2.45) is 11.8 Å². The van der Waals surface area contributed by atoms with Crippen LogP contribution in [0.5, 0.6) is 0 Å². The number of ketones is 1. The zero-order chi connectivity index (χ0) is 23.7. The number of hydrogen-bond donors (Lipinski definition) is 0. The normalized spacial score (nSPS) is 23.6. The first kappa shape index (κ1) is 22.3. The number of nitriles is 1. The average molecular weight is 452 g/mol. The summed E-state index contributed by atoms with van der Waals surface area (Å²) in [5.74, 6) is 0.885. The minimum atomic E-state index is -0.439. The molecular formula is C29H29N3O2. The third-order valence-corrected chi connectivity index (χ3v) is 7.46. The third kappa shape index (κ3) is 3.78. The van der Waals surface area contributed by atoms with Gasteiger partial charge in [-0.15, -0.1) is 0 Å². The van der Waals surface area contributed by atoms with Gasteiger partial charge in [-0.05, 0) is 36.5 Å². The van der Waals surface area contributed by atoms with Gasteiger partial charge < -0.3 is 9.30 Å². The van der Waals surface area contributed by atoms with Crippen molar-refractivity contribution in [1.29, 1.82) is 5.26 Å². The van der Waals surface area contributed by atoms with Crippen molar-refractivity contribution in [2.75, 3.05) is 6.61 Å². The molecule has 2 aromatic carbocycles. The fourth-order valence-electron chi connectivity index (χ4n) is 5.74. The molecule has 34 heavy (non-hydrogen) atoms. The monoisotopic (exact) mass is 451 g/mol. The number of para-hydroxylation sites is 1. The van der Waals surface area contributed by atoms with Gasteiger partial charge in [-0.2, -0.15) is 5.26 Å². The number of imidazole rings is 1. The van der Waals surface area contributed by atoms with Crippen LogP contribution in [0, 0.1) is 23.2 Å². The van der Waals surface area contributed by atoms with Gasteiger partial charge in [0.05, 0.1) is 24.5 Å². The summed E-state index contributed by atoms with van der Waals surface area (Å²) in [5, 5.41) is 9.63. The average Bonchev–Trinajstić information content (AvgIpc) is 3.25. The van der Waals surface area contributed by atoms with Gasteiger partial charge in [0, 0.05) is 29.1 Å². The minimum absolute atomic E-state index is 0.0366. The third-order valence-electron chi connectivity index (χ3n) is 7.46. The molecule has 0 bridgehead atoms. The Balaban J connectivity index is 1.51. The number of carbonyl (C=O) groups excluding carboxylic acids is 1. The van der Waals surface area contributed by atoms with Crippen LogP contribution in [-0.4, -0.2) is 21.9 Å². The van der Waals surface area contributed by atoms with Gasteiger partial charge in [0.1, 0.15) is 11.9 Å². The van der Waals surface area contributed by atoms with Crippen LogP contribution in [0.4, 0.5) is 0 Å². The number of allylic oxidation sites excluding steroid dienone is 2. The largest absolute Gasteiger partial charge is 0.376 e. The van der Waals surface area contributed by atoms with Gasteiger partial charge >= 0.3 is 0 Å². The number of aromatic nitrogens is 2. The molecule has 3 aromatic rings. The summed E-state index contributed by atoms with van der Waals surface area (Å²) in [6.45, 7) is 5.24. The van der Waals surface area contributed by atoms with Crippen molar-refractivity contribution in [3.05, 3.63) is 95.1 Å². The lowest BCUT2D eigenvalue weighted by Crippen LogP contribution is -2.45. The van der Waals surface area contributed by atoms with Gasteiger partial charge in [-0.25, -0.2) is 4.98 Å². The molecule has 0 N–H and O–H groups in total. The maximum Gasteiger partial charge on any atom is 0.176 e. The van der Waals surface area contributed by atoms with Gasteiger partial charge in [-0.1, -0.05) is 68.5 Å². The van der Waals surface area contributed by atoms with Crippen LogP contribution in [0.25, 0.3) is 5.69 Å². The van der Waals surface area contributed by atoms with E-state index in [-0.39, 0.29) is 23.2 Å². The van der Waals surface area contributed by atoms with Gasteiger partial charge in [0.2, 0.25) is 0 Å².